The van der Waals surface area contributed by atoms with Gasteiger partial charge in [-0.05, 0) is 54.8 Å². The number of nitrogens with zero attached hydrogens (tertiary/aromatic N) is 4. The molecule has 0 aliphatic carbocycles. The van der Waals surface area contributed by atoms with Crippen LogP contribution in [0.2, 0.25) is 0 Å². The highest BCUT2D eigenvalue weighted by atomic mass is 16.2. The first-order valence-electron chi connectivity index (χ1n) is 10.0. The number of carbonyl (C=O) groups is 2. The number of anilines is 1. The molecule has 1 aliphatic heterocycles. The van der Waals surface area contributed by atoms with Gasteiger partial charge in [0.2, 0.25) is 11.8 Å². The predicted octanol–water partition coefficient (Wildman–Crippen LogP) is 2.77. The molecule has 4 rings (SSSR count). The highest BCUT2D eigenvalue weighted by Crippen LogP contribution is 2.27. The Balaban J connectivity index is 1.36. The van der Waals surface area contributed by atoms with E-state index in [1.54, 1.807) is 22.0 Å². The van der Waals surface area contributed by atoms with Gasteiger partial charge in [0, 0.05) is 44.6 Å². The van der Waals surface area contributed by atoms with Gasteiger partial charge in [0.25, 0.3) is 0 Å². The van der Waals surface area contributed by atoms with Crippen LogP contribution in [0.4, 0.5) is 5.69 Å². The van der Waals surface area contributed by atoms with E-state index in [1.165, 1.54) is 5.56 Å². The summed E-state index contributed by atoms with van der Waals surface area (Å²) >= 11 is 0. The van der Waals surface area contributed by atoms with E-state index in [9.17, 15) is 9.59 Å². The zero-order chi connectivity index (χ0) is 21.3. The standard InChI is InChI=1S/C23H25N5O2/c1-15-4-6-19(10-16(15)2)28-14-18(11-22(28)29)23(30)25-13-17-5-7-20(24-12-17)21-8-9-26-27(21)3/h4-10,12,18H,11,13-14H2,1-3H3,(H,25,30)/t18-/m0/s1. The molecule has 0 radical (unpaired) electrons. The van der Waals surface area contributed by atoms with Gasteiger partial charge in [-0.3, -0.25) is 19.3 Å². The fourth-order valence-electron chi connectivity index (χ4n) is 3.67. The van der Waals surface area contributed by atoms with Crippen molar-refractivity contribution in [3.63, 3.8) is 0 Å². The molecule has 3 aromatic rings. The summed E-state index contributed by atoms with van der Waals surface area (Å²) in [5.74, 6) is -0.466. The Morgan fingerprint density at radius 2 is 2.00 bits per heavy atom. The van der Waals surface area contributed by atoms with Crippen LogP contribution < -0.4 is 10.2 Å². The van der Waals surface area contributed by atoms with Gasteiger partial charge in [-0.2, -0.15) is 5.10 Å². The van der Waals surface area contributed by atoms with E-state index in [4.69, 9.17) is 0 Å². The number of nitrogens with one attached hydrogen (secondary N) is 1. The third-order valence-electron chi connectivity index (χ3n) is 5.67. The summed E-state index contributed by atoms with van der Waals surface area (Å²) < 4.78 is 1.77. The van der Waals surface area contributed by atoms with E-state index in [0.717, 1.165) is 28.2 Å². The molecule has 154 valence electrons. The number of hydrogen-bond donors (Lipinski definition) is 1. The first-order valence-corrected chi connectivity index (χ1v) is 10.0. The molecular weight excluding hydrogens is 378 g/mol. The number of aromatic nitrogens is 3. The van der Waals surface area contributed by atoms with Crippen molar-refractivity contribution in [3.8, 4) is 11.4 Å². The van der Waals surface area contributed by atoms with Crippen molar-refractivity contribution >= 4 is 17.5 Å². The van der Waals surface area contributed by atoms with E-state index >= 15 is 0 Å². The molecule has 1 saturated heterocycles. The van der Waals surface area contributed by atoms with Crippen molar-refractivity contribution in [3.05, 3.63) is 65.5 Å². The summed E-state index contributed by atoms with van der Waals surface area (Å²) in [6.45, 7) is 4.85. The van der Waals surface area contributed by atoms with Crippen LogP contribution in [0.1, 0.15) is 23.1 Å². The van der Waals surface area contributed by atoms with Gasteiger partial charge in [0.15, 0.2) is 0 Å². The lowest BCUT2D eigenvalue weighted by molar-refractivity contribution is -0.126. The molecule has 7 nitrogen and oxygen atoms in total. The quantitative estimate of drug-likeness (QED) is 0.710. The molecule has 3 heterocycles. The van der Waals surface area contributed by atoms with Crippen molar-refractivity contribution in [1.29, 1.82) is 0 Å². The lowest BCUT2D eigenvalue weighted by Crippen LogP contribution is -2.32. The van der Waals surface area contributed by atoms with E-state index < -0.39 is 0 Å². The molecule has 2 amide bonds. The maximum absolute atomic E-state index is 12.6. The van der Waals surface area contributed by atoms with Gasteiger partial charge in [-0.25, -0.2) is 0 Å². The Bertz CT molecular complexity index is 1090. The second-order valence-electron chi connectivity index (χ2n) is 7.78. The second kappa shape index (κ2) is 8.10. The topological polar surface area (TPSA) is 80.1 Å². The zero-order valence-corrected chi connectivity index (χ0v) is 17.4. The number of aryl methyl sites for hydroxylation is 3. The van der Waals surface area contributed by atoms with Gasteiger partial charge in [0.05, 0.1) is 17.3 Å². The van der Waals surface area contributed by atoms with Crippen LogP contribution >= 0.6 is 0 Å². The largest absolute Gasteiger partial charge is 0.352 e. The van der Waals surface area contributed by atoms with Crippen molar-refractivity contribution in [1.82, 2.24) is 20.1 Å². The lowest BCUT2D eigenvalue weighted by atomic mass is 10.1. The lowest BCUT2D eigenvalue weighted by Gasteiger charge is -2.18. The SMILES string of the molecule is Cc1ccc(N2C[C@@H](C(=O)NCc3ccc(-c4ccnn4C)nc3)CC2=O)cc1C. The Kier molecular flexibility index (Phi) is 5.35. The van der Waals surface area contributed by atoms with Crippen LogP contribution in [0, 0.1) is 19.8 Å². The fraction of sp³-hybridized carbons (Fsp3) is 0.304. The smallest absolute Gasteiger partial charge is 0.227 e. The number of hydrogen-bond acceptors (Lipinski definition) is 4. The van der Waals surface area contributed by atoms with E-state index in [-0.39, 0.29) is 24.2 Å². The zero-order valence-electron chi connectivity index (χ0n) is 17.4. The average molecular weight is 403 g/mol. The summed E-state index contributed by atoms with van der Waals surface area (Å²) in [5.41, 5.74) is 5.84. The summed E-state index contributed by atoms with van der Waals surface area (Å²) in [5, 5.41) is 7.09. The second-order valence-corrected chi connectivity index (χ2v) is 7.78. The van der Waals surface area contributed by atoms with Crippen LogP contribution in [-0.2, 0) is 23.2 Å². The van der Waals surface area contributed by atoms with E-state index in [2.05, 4.69) is 15.4 Å². The van der Waals surface area contributed by atoms with Crippen LogP contribution in [0.5, 0.6) is 0 Å². The Morgan fingerprint density at radius 1 is 1.17 bits per heavy atom. The number of carbonyl (C=O) groups excluding carboxylic acids is 2. The van der Waals surface area contributed by atoms with Crippen molar-refractivity contribution in [2.75, 3.05) is 11.4 Å². The van der Waals surface area contributed by atoms with Gasteiger partial charge >= 0.3 is 0 Å². The molecule has 1 N–H and O–H groups in total. The van der Waals surface area contributed by atoms with Crippen LogP contribution in [0.15, 0.2) is 48.8 Å². The number of pyridine rings is 1. The minimum Gasteiger partial charge on any atom is -0.352 e. The van der Waals surface area contributed by atoms with Crippen LogP contribution in [0.25, 0.3) is 11.4 Å². The molecule has 1 fully saturated rings. The first-order chi connectivity index (χ1) is 14.4. The summed E-state index contributed by atoms with van der Waals surface area (Å²) in [7, 11) is 1.87. The molecule has 0 unspecified atom stereocenters. The predicted molar refractivity (Wildman–Crippen MR) is 115 cm³/mol. The molecular formula is C23H25N5O2. The molecule has 2 aromatic heterocycles. The Hall–Kier alpha value is -3.48. The molecule has 0 saturated carbocycles. The maximum atomic E-state index is 12.6. The molecule has 1 aliphatic rings. The number of rotatable bonds is 5. The van der Waals surface area contributed by atoms with Crippen molar-refractivity contribution < 1.29 is 9.59 Å². The van der Waals surface area contributed by atoms with Crippen LogP contribution in [0.3, 0.4) is 0 Å². The fourth-order valence-corrected chi connectivity index (χ4v) is 3.67. The third kappa shape index (κ3) is 3.96. The molecule has 7 heteroatoms. The molecule has 1 aromatic carbocycles. The van der Waals surface area contributed by atoms with Gasteiger partial charge in [-0.1, -0.05) is 12.1 Å². The highest BCUT2D eigenvalue weighted by Gasteiger charge is 2.35. The molecule has 30 heavy (non-hydrogen) atoms. The van der Waals surface area contributed by atoms with E-state index in [0.29, 0.717) is 13.1 Å². The van der Waals surface area contributed by atoms with Gasteiger partial charge in [-0.15, -0.1) is 0 Å². The van der Waals surface area contributed by atoms with Crippen LogP contribution in [-0.4, -0.2) is 33.1 Å². The molecule has 0 spiro atoms. The summed E-state index contributed by atoms with van der Waals surface area (Å²) in [4.78, 5) is 31.3. The van der Waals surface area contributed by atoms with Crippen molar-refractivity contribution in [2.45, 2.75) is 26.8 Å². The molecule has 1 atom stereocenters. The van der Waals surface area contributed by atoms with E-state index in [1.807, 2.05) is 57.3 Å². The first kappa shape index (κ1) is 19.8. The van der Waals surface area contributed by atoms with Gasteiger partial charge < -0.3 is 10.2 Å². The average Bonchev–Trinajstić information content (AvgIpc) is 3.34. The number of benzene rings is 1. The number of amides is 2. The summed E-state index contributed by atoms with van der Waals surface area (Å²) in [6.07, 6.45) is 3.72. The van der Waals surface area contributed by atoms with Crippen molar-refractivity contribution in [2.24, 2.45) is 13.0 Å². The minimum absolute atomic E-state index is 0.0133. The molecule has 0 bridgehead atoms. The monoisotopic (exact) mass is 403 g/mol. The highest BCUT2D eigenvalue weighted by molar-refractivity contribution is 6.00. The third-order valence-corrected chi connectivity index (χ3v) is 5.67. The Morgan fingerprint density at radius 3 is 2.67 bits per heavy atom. The Labute approximate surface area is 175 Å². The maximum Gasteiger partial charge on any atom is 0.227 e. The van der Waals surface area contributed by atoms with Gasteiger partial charge in [0.1, 0.15) is 0 Å². The summed E-state index contributed by atoms with van der Waals surface area (Å²) in [6, 6.07) is 11.7. The minimum atomic E-state index is -0.346. The normalized spacial score (nSPS) is 16.2.